The summed E-state index contributed by atoms with van der Waals surface area (Å²) in [6.45, 7) is 2.12. The number of hydrogen-bond acceptors (Lipinski definition) is 3. The van der Waals surface area contributed by atoms with E-state index in [4.69, 9.17) is 5.73 Å². The molecule has 0 radical (unpaired) electrons. The molecule has 1 aliphatic heterocycles. The van der Waals surface area contributed by atoms with Crippen molar-refractivity contribution in [3.05, 3.63) is 0 Å². The van der Waals surface area contributed by atoms with Crippen molar-refractivity contribution in [1.82, 2.24) is 10.6 Å². The van der Waals surface area contributed by atoms with Crippen molar-refractivity contribution in [3.8, 4) is 0 Å². The first-order chi connectivity index (χ1) is 9.27. The highest BCUT2D eigenvalue weighted by Gasteiger charge is 2.31. The van der Waals surface area contributed by atoms with E-state index in [1.54, 1.807) is 0 Å². The first-order valence-corrected chi connectivity index (χ1v) is 8.02. The maximum atomic E-state index is 10.7. The first-order valence-electron chi connectivity index (χ1n) is 8.02. The summed E-state index contributed by atoms with van der Waals surface area (Å²) in [7, 11) is 0. The van der Waals surface area contributed by atoms with E-state index in [1.807, 2.05) is 0 Å². The number of carbonyl (C=O) groups excluding carboxylic acids is 1. The zero-order valence-corrected chi connectivity index (χ0v) is 12.0. The molecule has 1 saturated heterocycles. The van der Waals surface area contributed by atoms with Crippen molar-refractivity contribution in [2.75, 3.05) is 13.1 Å². The molecule has 2 aliphatic rings. The van der Waals surface area contributed by atoms with E-state index < -0.39 is 0 Å². The van der Waals surface area contributed by atoms with Crippen LogP contribution < -0.4 is 16.4 Å². The molecule has 1 aliphatic carbocycles. The number of piperidine rings is 1. The molecule has 4 N–H and O–H groups in total. The van der Waals surface area contributed by atoms with Gasteiger partial charge in [-0.1, -0.05) is 19.3 Å². The van der Waals surface area contributed by atoms with Gasteiger partial charge >= 0.3 is 0 Å². The molecule has 0 bridgehead atoms. The third kappa shape index (κ3) is 4.77. The van der Waals surface area contributed by atoms with Gasteiger partial charge in [0.2, 0.25) is 5.91 Å². The van der Waals surface area contributed by atoms with Gasteiger partial charge in [0.25, 0.3) is 0 Å². The van der Waals surface area contributed by atoms with Crippen molar-refractivity contribution in [2.45, 2.75) is 69.9 Å². The Kier molecular flexibility index (Phi) is 6.11. The number of rotatable bonds is 6. The van der Waals surface area contributed by atoms with E-state index in [0.29, 0.717) is 18.5 Å². The highest BCUT2D eigenvalue weighted by molar-refractivity contribution is 5.73. The Morgan fingerprint density at radius 1 is 1.16 bits per heavy atom. The van der Waals surface area contributed by atoms with E-state index in [0.717, 1.165) is 18.9 Å². The van der Waals surface area contributed by atoms with Gasteiger partial charge in [0.05, 0.1) is 0 Å². The van der Waals surface area contributed by atoms with Crippen LogP contribution in [0.1, 0.15) is 57.8 Å². The predicted molar refractivity (Wildman–Crippen MR) is 77.8 cm³/mol. The average Bonchev–Trinajstić information content (AvgIpc) is 2.45. The van der Waals surface area contributed by atoms with Gasteiger partial charge in [0, 0.05) is 18.5 Å². The van der Waals surface area contributed by atoms with Crippen LogP contribution in [-0.4, -0.2) is 31.1 Å². The van der Waals surface area contributed by atoms with Crippen molar-refractivity contribution in [1.29, 1.82) is 0 Å². The molecule has 0 aromatic rings. The van der Waals surface area contributed by atoms with Crippen LogP contribution in [0.3, 0.4) is 0 Å². The summed E-state index contributed by atoms with van der Waals surface area (Å²) in [6.07, 6.45) is 10.8. The van der Waals surface area contributed by atoms with Crippen LogP contribution in [0.5, 0.6) is 0 Å². The molecular weight excluding hydrogens is 238 g/mol. The Balaban J connectivity index is 1.76. The third-order valence-corrected chi connectivity index (χ3v) is 4.69. The topological polar surface area (TPSA) is 67.2 Å². The Morgan fingerprint density at radius 2 is 1.95 bits per heavy atom. The second kappa shape index (κ2) is 7.85. The average molecular weight is 267 g/mol. The smallest absolute Gasteiger partial charge is 0.217 e. The van der Waals surface area contributed by atoms with Crippen LogP contribution in [0.4, 0.5) is 0 Å². The number of hydrogen-bond donors (Lipinski definition) is 3. The fraction of sp³-hybridized carbons (Fsp3) is 0.933. The van der Waals surface area contributed by atoms with Gasteiger partial charge in [0.1, 0.15) is 0 Å². The Morgan fingerprint density at radius 3 is 2.68 bits per heavy atom. The minimum atomic E-state index is -0.184. The highest BCUT2D eigenvalue weighted by Crippen LogP contribution is 2.30. The van der Waals surface area contributed by atoms with Crippen LogP contribution in [-0.2, 0) is 4.79 Å². The van der Waals surface area contributed by atoms with Crippen LogP contribution in [0, 0.1) is 5.92 Å². The standard InChI is InChI=1S/C15H29N3O/c16-15(19)9-5-11-18-13-7-2-1-6-12(13)14-8-3-4-10-17-14/h12-14,17-18H,1-11H2,(H2,16,19). The summed E-state index contributed by atoms with van der Waals surface area (Å²) >= 11 is 0. The molecular formula is C15H29N3O. The lowest BCUT2D eigenvalue weighted by Crippen LogP contribution is -2.50. The predicted octanol–water partition coefficient (Wildman–Crippen LogP) is 1.54. The Hall–Kier alpha value is -0.610. The largest absolute Gasteiger partial charge is 0.370 e. The van der Waals surface area contributed by atoms with Crippen molar-refractivity contribution in [3.63, 3.8) is 0 Å². The number of nitrogens with one attached hydrogen (secondary N) is 2. The third-order valence-electron chi connectivity index (χ3n) is 4.69. The molecule has 1 amide bonds. The van der Waals surface area contributed by atoms with Gasteiger partial charge in [-0.05, 0) is 51.1 Å². The molecule has 4 heteroatoms. The number of primary amides is 1. The first kappa shape index (κ1) is 14.8. The lowest BCUT2D eigenvalue weighted by atomic mass is 9.77. The van der Waals surface area contributed by atoms with Crippen molar-refractivity contribution in [2.24, 2.45) is 11.7 Å². The fourth-order valence-corrected chi connectivity index (χ4v) is 3.69. The van der Waals surface area contributed by atoms with E-state index in [-0.39, 0.29) is 5.91 Å². The highest BCUT2D eigenvalue weighted by atomic mass is 16.1. The minimum absolute atomic E-state index is 0.184. The van der Waals surface area contributed by atoms with Crippen LogP contribution >= 0.6 is 0 Å². The van der Waals surface area contributed by atoms with E-state index >= 15 is 0 Å². The quantitative estimate of drug-likeness (QED) is 0.640. The summed E-state index contributed by atoms with van der Waals surface area (Å²) in [5.41, 5.74) is 5.18. The van der Waals surface area contributed by atoms with Gasteiger partial charge in [-0.2, -0.15) is 0 Å². The monoisotopic (exact) mass is 267 g/mol. The van der Waals surface area contributed by atoms with Gasteiger partial charge in [0.15, 0.2) is 0 Å². The molecule has 1 heterocycles. The van der Waals surface area contributed by atoms with E-state index in [1.165, 1.54) is 51.5 Å². The molecule has 0 aromatic carbocycles. The molecule has 2 fully saturated rings. The minimum Gasteiger partial charge on any atom is -0.370 e. The molecule has 0 aromatic heterocycles. The molecule has 110 valence electrons. The second-order valence-corrected chi connectivity index (χ2v) is 6.14. The lowest BCUT2D eigenvalue weighted by Gasteiger charge is -2.40. The van der Waals surface area contributed by atoms with Gasteiger partial charge < -0.3 is 16.4 Å². The Labute approximate surface area is 116 Å². The molecule has 4 nitrogen and oxygen atoms in total. The van der Waals surface area contributed by atoms with Crippen molar-refractivity contribution >= 4 is 5.91 Å². The zero-order valence-electron chi connectivity index (χ0n) is 12.0. The summed E-state index contributed by atoms with van der Waals surface area (Å²) in [4.78, 5) is 10.7. The maximum absolute atomic E-state index is 10.7. The summed E-state index contributed by atoms with van der Waals surface area (Å²) < 4.78 is 0. The van der Waals surface area contributed by atoms with Gasteiger partial charge in [-0.15, -0.1) is 0 Å². The fourth-order valence-electron chi connectivity index (χ4n) is 3.69. The van der Waals surface area contributed by atoms with E-state index in [9.17, 15) is 4.79 Å². The van der Waals surface area contributed by atoms with Gasteiger partial charge in [-0.3, -0.25) is 4.79 Å². The molecule has 19 heavy (non-hydrogen) atoms. The molecule has 3 unspecified atom stereocenters. The normalized spacial score (nSPS) is 32.1. The molecule has 2 rings (SSSR count). The SMILES string of the molecule is NC(=O)CCCNC1CCCCC1C1CCCCN1. The number of amides is 1. The zero-order chi connectivity index (χ0) is 13.5. The summed E-state index contributed by atoms with van der Waals surface area (Å²) in [5.74, 6) is 0.596. The second-order valence-electron chi connectivity index (χ2n) is 6.14. The van der Waals surface area contributed by atoms with Gasteiger partial charge in [-0.25, -0.2) is 0 Å². The van der Waals surface area contributed by atoms with Crippen molar-refractivity contribution < 1.29 is 4.79 Å². The Bertz CT molecular complexity index is 277. The number of nitrogens with two attached hydrogens (primary N) is 1. The lowest BCUT2D eigenvalue weighted by molar-refractivity contribution is -0.118. The molecule has 1 saturated carbocycles. The van der Waals surface area contributed by atoms with Crippen LogP contribution in [0.25, 0.3) is 0 Å². The van der Waals surface area contributed by atoms with E-state index in [2.05, 4.69) is 10.6 Å². The summed E-state index contributed by atoms with van der Waals surface area (Å²) in [5, 5.41) is 7.39. The maximum Gasteiger partial charge on any atom is 0.217 e. The van der Waals surface area contributed by atoms with Crippen LogP contribution in [0.2, 0.25) is 0 Å². The number of carbonyl (C=O) groups is 1. The molecule has 3 atom stereocenters. The molecule has 0 spiro atoms. The summed E-state index contributed by atoms with van der Waals surface area (Å²) in [6, 6.07) is 1.35. The van der Waals surface area contributed by atoms with Crippen LogP contribution in [0.15, 0.2) is 0 Å².